The van der Waals surface area contributed by atoms with Crippen LogP contribution in [0, 0.1) is 0 Å². The molecule has 8 heteroatoms. The average Bonchev–Trinajstić information content (AvgIpc) is 3.15. The van der Waals surface area contributed by atoms with Gasteiger partial charge in [0.1, 0.15) is 6.23 Å². The Bertz CT molecular complexity index is 1590. The number of hydrogen-bond donors (Lipinski definition) is 4. The van der Waals surface area contributed by atoms with Crippen LogP contribution in [-0.4, -0.2) is 59.0 Å². The molecule has 0 aliphatic carbocycles. The Hall–Kier alpha value is -4.63. The molecule has 256 valence electrons. The van der Waals surface area contributed by atoms with E-state index in [1.165, 1.54) is 0 Å². The molecular weight excluding hydrogens is 612 g/mol. The van der Waals surface area contributed by atoms with Crippen molar-refractivity contribution in [1.82, 2.24) is 15.5 Å². The Balaban J connectivity index is 1.07. The van der Waals surface area contributed by atoms with E-state index in [0.717, 1.165) is 22.3 Å². The summed E-state index contributed by atoms with van der Waals surface area (Å²) >= 11 is 0. The third-order valence-electron chi connectivity index (χ3n) is 9.38. The molecule has 0 saturated carbocycles. The molecule has 0 fully saturated rings. The van der Waals surface area contributed by atoms with Crippen molar-refractivity contribution in [2.24, 2.45) is 5.73 Å². The van der Waals surface area contributed by atoms with Gasteiger partial charge in [-0.25, -0.2) is 0 Å². The largest absolute Gasteiger partial charge is 0.376 e. The number of aliphatic hydroxyl groups excluding tert-OH is 1. The summed E-state index contributed by atoms with van der Waals surface area (Å²) in [7, 11) is 0. The van der Waals surface area contributed by atoms with Crippen molar-refractivity contribution in [2.45, 2.75) is 75.7 Å². The monoisotopic (exact) mass is 660 g/mol. The van der Waals surface area contributed by atoms with Gasteiger partial charge in [-0.1, -0.05) is 122 Å². The predicted octanol–water partition coefficient (Wildman–Crippen LogP) is 5.35. The number of nitrogens with zero attached hydrogens (tertiary/aromatic N) is 1. The molecule has 4 aromatic rings. The van der Waals surface area contributed by atoms with Gasteiger partial charge in [0.15, 0.2) is 5.78 Å². The number of nitrogens with two attached hydrogens (primary N) is 1. The van der Waals surface area contributed by atoms with Crippen LogP contribution in [0.2, 0.25) is 0 Å². The summed E-state index contributed by atoms with van der Waals surface area (Å²) in [4.78, 5) is 40.7. The Morgan fingerprint density at radius 2 is 1.35 bits per heavy atom. The molecule has 4 aromatic carbocycles. The second kappa shape index (κ2) is 18.2. The first-order chi connectivity index (χ1) is 23.9. The van der Waals surface area contributed by atoms with E-state index in [2.05, 4.69) is 34.9 Å². The molecule has 3 atom stereocenters. The lowest BCUT2D eigenvalue weighted by atomic mass is 9.91. The lowest BCUT2D eigenvalue weighted by Crippen LogP contribution is -2.55. The van der Waals surface area contributed by atoms with Crippen molar-refractivity contribution < 1.29 is 19.5 Å². The molecule has 5 rings (SSSR count). The van der Waals surface area contributed by atoms with Gasteiger partial charge in [-0.3, -0.25) is 19.7 Å². The minimum Gasteiger partial charge on any atom is -0.376 e. The summed E-state index contributed by atoms with van der Waals surface area (Å²) in [6.45, 7) is 1.40. The molecule has 0 bridgehead atoms. The normalized spacial score (nSPS) is 15.3. The van der Waals surface area contributed by atoms with Crippen LogP contribution in [-0.2, 0) is 22.6 Å². The maximum atomic E-state index is 13.4. The minimum absolute atomic E-state index is 0.0244. The lowest BCUT2D eigenvalue weighted by molar-refractivity contribution is -0.138. The Labute approximate surface area is 289 Å². The smallest absolute Gasteiger partial charge is 0.236 e. The van der Waals surface area contributed by atoms with Crippen LogP contribution in [0.5, 0.6) is 0 Å². The third kappa shape index (κ3) is 10.2. The highest BCUT2D eigenvalue weighted by atomic mass is 16.3. The highest BCUT2D eigenvalue weighted by Crippen LogP contribution is 2.26. The highest BCUT2D eigenvalue weighted by Gasteiger charge is 2.34. The molecule has 1 aliphatic heterocycles. The van der Waals surface area contributed by atoms with Gasteiger partial charge < -0.3 is 21.1 Å². The maximum absolute atomic E-state index is 13.4. The maximum Gasteiger partial charge on any atom is 0.236 e. The molecule has 2 amide bonds. The average molecular weight is 661 g/mol. The number of carbonyl (C=O) groups excluding carboxylic acids is 3. The predicted molar refractivity (Wildman–Crippen MR) is 193 cm³/mol. The highest BCUT2D eigenvalue weighted by molar-refractivity contribution is 5.96. The summed E-state index contributed by atoms with van der Waals surface area (Å²) in [6.07, 6.45) is 2.55. The van der Waals surface area contributed by atoms with Crippen molar-refractivity contribution in [3.05, 3.63) is 143 Å². The van der Waals surface area contributed by atoms with Gasteiger partial charge in [0.2, 0.25) is 11.8 Å². The molecule has 0 saturated heterocycles. The number of amides is 2. The van der Waals surface area contributed by atoms with Crippen molar-refractivity contribution >= 4 is 17.6 Å². The molecule has 8 nitrogen and oxygen atoms in total. The number of carbonyl (C=O) groups is 3. The van der Waals surface area contributed by atoms with Crippen molar-refractivity contribution in [2.75, 3.05) is 13.1 Å². The van der Waals surface area contributed by atoms with Crippen LogP contribution in [0.25, 0.3) is 0 Å². The summed E-state index contributed by atoms with van der Waals surface area (Å²) < 4.78 is 0. The number of ketones is 1. The standard InChI is InChI=1S/C41H48N4O4/c42-36(40(48)44-28-35(30-15-4-1-5-16-30)31-17-6-2-7-18-31)23-12-13-26-43-41(49)37-27-33-21-10-11-22-34(33)29-45(37)39(47)25-14-24-38(46)32-19-8-3-9-20-32/h1-11,15-22,35-37,41,43,49H,12-14,23-29,42H2,(H,44,48)/t36-,37-,41?/m0/s1. The van der Waals surface area contributed by atoms with Crippen LogP contribution < -0.4 is 16.4 Å². The van der Waals surface area contributed by atoms with E-state index < -0.39 is 18.3 Å². The van der Waals surface area contributed by atoms with Gasteiger partial charge >= 0.3 is 0 Å². The van der Waals surface area contributed by atoms with E-state index >= 15 is 0 Å². The zero-order chi connectivity index (χ0) is 34.4. The Morgan fingerprint density at radius 3 is 2.00 bits per heavy atom. The number of fused-ring (bicyclic) bond motifs is 1. The summed E-state index contributed by atoms with van der Waals surface area (Å²) in [6, 6.07) is 36.3. The fourth-order valence-electron chi connectivity index (χ4n) is 6.55. The van der Waals surface area contributed by atoms with Gasteiger partial charge in [0.25, 0.3) is 0 Å². The third-order valence-corrected chi connectivity index (χ3v) is 9.38. The number of Topliss-reactive ketones (excluding diaryl/α,β-unsaturated/α-hetero) is 1. The van der Waals surface area contributed by atoms with Gasteiger partial charge in [0.05, 0.1) is 12.1 Å². The van der Waals surface area contributed by atoms with Crippen LogP contribution in [0.1, 0.15) is 77.1 Å². The van der Waals surface area contributed by atoms with Crippen molar-refractivity contribution in [1.29, 1.82) is 0 Å². The van der Waals surface area contributed by atoms with Crippen molar-refractivity contribution in [3.8, 4) is 0 Å². The van der Waals surface area contributed by atoms with Gasteiger partial charge in [-0.05, 0) is 54.5 Å². The number of aliphatic hydroxyl groups is 1. The van der Waals surface area contributed by atoms with Gasteiger partial charge in [0, 0.05) is 37.4 Å². The fraction of sp³-hybridized carbons (Fsp3) is 0.341. The molecule has 0 radical (unpaired) electrons. The van der Waals surface area contributed by atoms with Crippen LogP contribution in [0.4, 0.5) is 0 Å². The summed E-state index contributed by atoms with van der Waals surface area (Å²) in [5, 5.41) is 17.5. The van der Waals surface area contributed by atoms with Gasteiger partial charge in [-0.2, -0.15) is 0 Å². The number of unbranched alkanes of at least 4 members (excludes halogenated alkanes) is 1. The molecule has 1 aliphatic rings. The van der Waals surface area contributed by atoms with E-state index in [-0.39, 0.29) is 29.9 Å². The number of hydrogen-bond acceptors (Lipinski definition) is 6. The van der Waals surface area contributed by atoms with E-state index in [1.807, 2.05) is 78.9 Å². The van der Waals surface area contributed by atoms with E-state index in [9.17, 15) is 19.5 Å². The first kappa shape index (κ1) is 35.7. The molecule has 1 unspecified atom stereocenters. The second-order valence-corrected chi connectivity index (χ2v) is 12.8. The Kier molecular flexibility index (Phi) is 13.3. The zero-order valence-electron chi connectivity index (χ0n) is 28.0. The SMILES string of the molecule is N[C@@H](CCCCNC(O)[C@@H]1Cc2ccccc2CN1C(=O)CCCC(=O)c1ccccc1)C(=O)NCC(c1ccccc1)c1ccccc1. The molecule has 1 heterocycles. The summed E-state index contributed by atoms with van der Waals surface area (Å²) in [5.41, 5.74) is 11.4. The summed E-state index contributed by atoms with van der Waals surface area (Å²) in [5.74, 6) is -0.194. The second-order valence-electron chi connectivity index (χ2n) is 12.8. The van der Waals surface area contributed by atoms with Gasteiger partial charge in [-0.15, -0.1) is 0 Å². The molecule has 5 N–H and O–H groups in total. The quantitative estimate of drug-likeness (QED) is 0.0688. The molecule has 49 heavy (non-hydrogen) atoms. The van der Waals surface area contributed by atoms with E-state index in [0.29, 0.717) is 63.7 Å². The first-order valence-corrected chi connectivity index (χ1v) is 17.4. The zero-order valence-corrected chi connectivity index (χ0v) is 28.0. The van der Waals surface area contributed by atoms with Crippen molar-refractivity contribution in [3.63, 3.8) is 0 Å². The number of benzene rings is 4. The van der Waals surface area contributed by atoms with E-state index in [1.54, 1.807) is 17.0 Å². The number of rotatable bonds is 17. The minimum atomic E-state index is -0.923. The lowest BCUT2D eigenvalue weighted by Gasteiger charge is -2.39. The first-order valence-electron chi connectivity index (χ1n) is 17.4. The molecular formula is C41H48N4O4. The topological polar surface area (TPSA) is 125 Å². The van der Waals surface area contributed by atoms with Crippen LogP contribution >= 0.6 is 0 Å². The van der Waals surface area contributed by atoms with E-state index in [4.69, 9.17) is 5.73 Å². The fourth-order valence-corrected chi connectivity index (χ4v) is 6.55. The Morgan fingerprint density at radius 1 is 0.755 bits per heavy atom. The molecule has 0 spiro atoms. The van der Waals surface area contributed by atoms with Crippen LogP contribution in [0.3, 0.4) is 0 Å². The van der Waals surface area contributed by atoms with Crippen LogP contribution in [0.15, 0.2) is 115 Å². The number of nitrogens with one attached hydrogen (secondary N) is 2. The molecule has 0 aromatic heterocycles.